The average Bonchev–Trinajstić information content (AvgIpc) is 3.29. The molecule has 0 unspecified atom stereocenters. The molecule has 1 aromatic heterocycles. The lowest BCUT2D eigenvalue weighted by Crippen LogP contribution is -2.34. The van der Waals surface area contributed by atoms with E-state index >= 15 is 0 Å². The molecule has 3 aromatic rings. The summed E-state index contributed by atoms with van der Waals surface area (Å²) in [5.74, 6) is 0.921. The van der Waals surface area contributed by atoms with Crippen LogP contribution in [0.2, 0.25) is 0 Å². The molecule has 0 saturated heterocycles. The number of nitrogens with one attached hydrogen (secondary N) is 2. The molecule has 32 heavy (non-hydrogen) atoms. The van der Waals surface area contributed by atoms with Gasteiger partial charge in [0.25, 0.3) is 11.9 Å². The summed E-state index contributed by atoms with van der Waals surface area (Å²) in [4.78, 5) is 30.0. The van der Waals surface area contributed by atoms with Crippen LogP contribution in [-0.4, -0.2) is 55.4 Å². The summed E-state index contributed by atoms with van der Waals surface area (Å²) in [7, 11) is 1.55. The molecule has 0 aliphatic heterocycles. The van der Waals surface area contributed by atoms with Gasteiger partial charge in [0.15, 0.2) is 5.76 Å². The van der Waals surface area contributed by atoms with E-state index in [4.69, 9.17) is 9.15 Å². The number of carbonyl (C=O) groups excluding carboxylic acids is 2. The number of benzene rings is 2. The molecule has 1 heterocycles. The van der Waals surface area contributed by atoms with E-state index in [-0.39, 0.29) is 11.9 Å². The van der Waals surface area contributed by atoms with Gasteiger partial charge in [-0.2, -0.15) is 0 Å². The van der Waals surface area contributed by atoms with Crippen LogP contribution in [0.1, 0.15) is 34.6 Å². The molecule has 168 valence electrons. The monoisotopic (exact) mass is 436 g/mol. The SMILES string of the molecule is CCN(CC)CCNC(=O)c1cc(Nc2ncc(-c3ccc(C=O)cc3)o2)cc(OC)c1. The van der Waals surface area contributed by atoms with Crippen LogP contribution < -0.4 is 15.4 Å². The van der Waals surface area contributed by atoms with E-state index in [0.717, 1.165) is 31.5 Å². The van der Waals surface area contributed by atoms with E-state index in [0.29, 0.717) is 34.9 Å². The molecule has 0 spiro atoms. The highest BCUT2D eigenvalue weighted by molar-refractivity contribution is 5.95. The first-order chi connectivity index (χ1) is 15.6. The van der Waals surface area contributed by atoms with Gasteiger partial charge in [-0.05, 0) is 25.2 Å². The van der Waals surface area contributed by atoms with E-state index in [2.05, 4.69) is 34.4 Å². The third kappa shape index (κ3) is 5.95. The highest BCUT2D eigenvalue weighted by Crippen LogP contribution is 2.27. The maximum atomic E-state index is 12.6. The van der Waals surface area contributed by atoms with Crippen LogP contribution in [0, 0.1) is 0 Å². The summed E-state index contributed by atoms with van der Waals surface area (Å²) < 4.78 is 11.1. The Morgan fingerprint density at radius 1 is 1.16 bits per heavy atom. The Kier molecular flexibility index (Phi) is 7.99. The minimum absolute atomic E-state index is 0.178. The van der Waals surface area contributed by atoms with Crippen LogP contribution >= 0.6 is 0 Å². The van der Waals surface area contributed by atoms with Crippen molar-refractivity contribution in [3.63, 3.8) is 0 Å². The summed E-state index contributed by atoms with van der Waals surface area (Å²) in [6.45, 7) is 7.43. The van der Waals surface area contributed by atoms with E-state index in [1.807, 2.05) is 0 Å². The van der Waals surface area contributed by atoms with Crippen molar-refractivity contribution in [2.24, 2.45) is 0 Å². The lowest BCUT2D eigenvalue weighted by Gasteiger charge is -2.18. The van der Waals surface area contributed by atoms with E-state index in [9.17, 15) is 9.59 Å². The summed E-state index contributed by atoms with van der Waals surface area (Å²) in [6, 6.07) is 12.5. The van der Waals surface area contributed by atoms with Gasteiger partial charge in [0, 0.05) is 41.5 Å². The Morgan fingerprint density at radius 3 is 2.56 bits per heavy atom. The van der Waals surface area contributed by atoms with Crippen molar-refractivity contribution in [3.05, 3.63) is 59.8 Å². The second kappa shape index (κ2) is 11.1. The second-order valence-corrected chi connectivity index (χ2v) is 7.13. The quantitative estimate of drug-likeness (QED) is 0.439. The van der Waals surface area contributed by atoms with Crippen molar-refractivity contribution >= 4 is 23.9 Å². The summed E-state index contributed by atoms with van der Waals surface area (Å²) in [6.07, 6.45) is 2.39. The van der Waals surface area contributed by atoms with Gasteiger partial charge in [0.2, 0.25) is 0 Å². The number of anilines is 2. The van der Waals surface area contributed by atoms with Crippen molar-refractivity contribution in [2.45, 2.75) is 13.8 Å². The molecule has 8 heteroatoms. The predicted molar refractivity (Wildman–Crippen MR) is 124 cm³/mol. The zero-order valence-corrected chi connectivity index (χ0v) is 18.6. The first kappa shape index (κ1) is 23.0. The molecular formula is C24H28N4O4. The lowest BCUT2D eigenvalue weighted by atomic mass is 10.1. The van der Waals surface area contributed by atoms with E-state index in [1.54, 1.807) is 55.8 Å². The van der Waals surface area contributed by atoms with Gasteiger partial charge in [-0.25, -0.2) is 4.98 Å². The zero-order chi connectivity index (χ0) is 22.9. The molecule has 2 aromatic carbocycles. The van der Waals surface area contributed by atoms with Crippen molar-refractivity contribution < 1.29 is 18.7 Å². The highest BCUT2D eigenvalue weighted by atomic mass is 16.5. The topological polar surface area (TPSA) is 96.7 Å². The van der Waals surface area contributed by atoms with Crippen LogP contribution in [0.3, 0.4) is 0 Å². The average molecular weight is 437 g/mol. The number of carbonyl (C=O) groups is 2. The molecule has 0 aliphatic carbocycles. The van der Waals surface area contributed by atoms with Gasteiger partial charge in [-0.15, -0.1) is 0 Å². The number of nitrogens with zero attached hydrogens (tertiary/aromatic N) is 2. The van der Waals surface area contributed by atoms with Gasteiger partial charge in [-0.1, -0.05) is 38.1 Å². The first-order valence-corrected chi connectivity index (χ1v) is 10.5. The first-order valence-electron chi connectivity index (χ1n) is 10.5. The Morgan fingerprint density at radius 2 is 1.91 bits per heavy atom. The minimum Gasteiger partial charge on any atom is -0.497 e. The van der Waals surface area contributed by atoms with E-state index < -0.39 is 0 Å². The Labute approximate surface area is 187 Å². The third-order valence-corrected chi connectivity index (χ3v) is 5.10. The molecule has 8 nitrogen and oxygen atoms in total. The number of oxazole rings is 1. The molecule has 1 amide bonds. The van der Waals surface area contributed by atoms with Crippen LogP contribution in [0.15, 0.2) is 53.1 Å². The summed E-state index contributed by atoms with van der Waals surface area (Å²) in [5.41, 5.74) is 2.48. The highest BCUT2D eigenvalue weighted by Gasteiger charge is 2.12. The van der Waals surface area contributed by atoms with Crippen molar-refractivity contribution in [3.8, 4) is 17.1 Å². The van der Waals surface area contributed by atoms with Gasteiger partial charge < -0.3 is 24.7 Å². The molecule has 2 N–H and O–H groups in total. The fourth-order valence-electron chi connectivity index (χ4n) is 3.20. The molecule has 0 saturated carbocycles. The maximum Gasteiger partial charge on any atom is 0.299 e. The van der Waals surface area contributed by atoms with Gasteiger partial charge >= 0.3 is 0 Å². The molecule has 0 fully saturated rings. The number of likely N-dealkylation sites (N-methyl/N-ethyl adjacent to an activating group) is 1. The van der Waals surface area contributed by atoms with Crippen LogP contribution in [0.25, 0.3) is 11.3 Å². The zero-order valence-electron chi connectivity index (χ0n) is 18.6. The van der Waals surface area contributed by atoms with Gasteiger partial charge in [0.1, 0.15) is 12.0 Å². The standard InChI is InChI=1S/C24H28N4O4/c1-4-28(5-2)11-10-25-23(30)19-12-20(14-21(13-19)31-3)27-24-26-15-22(32-24)18-8-6-17(16-29)7-9-18/h6-9,12-16H,4-5,10-11H2,1-3H3,(H,25,30)(H,26,27). The predicted octanol–water partition coefficient (Wildman–Crippen LogP) is 3.98. The maximum absolute atomic E-state index is 12.6. The molecule has 0 aliphatic rings. The third-order valence-electron chi connectivity index (χ3n) is 5.10. The Balaban J connectivity index is 1.70. The summed E-state index contributed by atoms with van der Waals surface area (Å²) in [5, 5.41) is 6.02. The normalized spacial score (nSPS) is 10.8. The number of rotatable bonds is 11. The van der Waals surface area contributed by atoms with Crippen LogP contribution in [-0.2, 0) is 0 Å². The molecule has 3 rings (SSSR count). The molecule has 0 radical (unpaired) electrons. The number of hydrogen-bond acceptors (Lipinski definition) is 7. The Hall–Kier alpha value is -3.65. The number of amides is 1. The fraction of sp³-hybridized carbons (Fsp3) is 0.292. The van der Waals surface area contributed by atoms with Crippen molar-refractivity contribution in [1.82, 2.24) is 15.2 Å². The summed E-state index contributed by atoms with van der Waals surface area (Å²) >= 11 is 0. The van der Waals surface area contributed by atoms with Crippen molar-refractivity contribution in [1.29, 1.82) is 0 Å². The Bertz CT molecular complexity index is 1040. The molecule has 0 bridgehead atoms. The number of aromatic nitrogens is 1. The van der Waals surface area contributed by atoms with E-state index in [1.165, 1.54) is 0 Å². The number of hydrogen-bond donors (Lipinski definition) is 2. The molecule has 0 atom stereocenters. The smallest absolute Gasteiger partial charge is 0.299 e. The fourth-order valence-corrected chi connectivity index (χ4v) is 3.20. The van der Waals surface area contributed by atoms with Gasteiger partial charge in [-0.3, -0.25) is 9.59 Å². The number of aldehydes is 1. The van der Waals surface area contributed by atoms with Crippen molar-refractivity contribution in [2.75, 3.05) is 38.6 Å². The number of ether oxygens (including phenoxy) is 1. The number of methoxy groups -OCH3 is 1. The second-order valence-electron chi connectivity index (χ2n) is 7.13. The minimum atomic E-state index is -0.178. The van der Waals surface area contributed by atoms with Crippen LogP contribution in [0.5, 0.6) is 5.75 Å². The lowest BCUT2D eigenvalue weighted by molar-refractivity contribution is 0.0948. The molecular weight excluding hydrogens is 408 g/mol. The van der Waals surface area contributed by atoms with Crippen LogP contribution in [0.4, 0.5) is 11.7 Å². The largest absolute Gasteiger partial charge is 0.497 e. The van der Waals surface area contributed by atoms with Gasteiger partial charge in [0.05, 0.1) is 13.3 Å².